The first-order valence-corrected chi connectivity index (χ1v) is 6.37. The van der Waals surface area contributed by atoms with Gasteiger partial charge >= 0.3 is 5.97 Å². The molecule has 2 aromatic rings. The molecule has 0 amide bonds. The topological polar surface area (TPSA) is 141 Å². The lowest BCUT2D eigenvalue weighted by atomic mass is 9.81. The number of benzene rings is 2. The minimum atomic E-state index is -1.34. The number of hydrogen-bond donors (Lipinski definition) is 2. The quantitative estimate of drug-likeness (QED) is 0.416. The van der Waals surface area contributed by atoms with Crippen molar-refractivity contribution in [2.75, 3.05) is 5.73 Å². The van der Waals surface area contributed by atoms with Gasteiger partial charge in [0.05, 0.1) is 21.7 Å². The molecule has 23 heavy (non-hydrogen) atoms. The van der Waals surface area contributed by atoms with Crippen LogP contribution in [0.15, 0.2) is 30.3 Å². The molecule has 114 valence electrons. The van der Waals surface area contributed by atoms with Crippen molar-refractivity contribution in [2.45, 2.75) is 0 Å². The Morgan fingerprint density at radius 3 is 2.26 bits per heavy atom. The number of rotatable bonds is 2. The molecule has 0 unspecified atom stereocenters. The van der Waals surface area contributed by atoms with E-state index in [-0.39, 0.29) is 33.5 Å². The summed E-state index contributed by atoms with van der Waals surface area (Å²) in [5.41, 5.74) is 3.77. The van der Waals surface area contributed by atoms with E-state index < -0.39 is 28.1 Å². The zero-order valence-electron chi connectivity index (χ0n) is 11.4. The zero-order valence-corrected chi connectivity index (χ0v) is 11.4. The van der Waals surface area contributed by atoms with Crippen molar-refractivity contribution < 1.29 is 24.4 Å². The van der Waals surface area contributed by atoms with Crippen molar-refractivity contribution in [1.82, 2.24) is 0 Å². The lowest BCUT2D eigenvalue weighted by molar-refractivity contribution is -0.385. The highest BCUT2D eigenvalue weighted by Crippen LogP contribution is 2.36. The summed E-state index contributed by atoms with van der Waals surface area (Å²) in [4.78, 5) is 46.6. The molecule has 3 N–H and O–H groups in total. The third-order valence-electron chi connectivity index (χ3n) is 3.66. The minimum absolute atomic E-state index is 0.140. The third kappa shape index (κ3) is 1.89. The normalized spacial score (nSPS) is 12.5. The van der Waals surface area contributed by atoms with E-state index in [1.54, 1.807) is 0 Å². The van der Waals surface area contributed by atoms with Crippen molar-refractivity contribution in [3.05, 3.63) is 68.3 Å². The van der Waals surface area contributed by atoms with Crippen molar-refractivity contribution in [2.24, 2.45) is 0 Å². The highest BCUT2D eigenvalue weighted by Gasteiger charge is 2.37. The van der Waals surface area contributed by atoms with Crippen LogP contribution in [0.2, 0.25) is 0 Å². The maximum Gasteiger partial charge on any atom is 0.337 e. The first kappa shape index (κ1) is 14.4. The van der Waals surface area contributed by atoms with Crippen LogP contribution in [0, 0.1) is 10.1 Å². The number of anilines is 1. The average Bonchev–Trinajstić information content (AvgIpc) is 2.51. The number of aromatic carboxylic acids is 1. The highest BCUT2D eigenvalue weighted by molar-refractivity contribution is 6.32. The van der Waals surface area contributed by atoms with Crippen LogP contribution in [0.3, 0.4) is 0 Å². The van der Waals surface area contributed by atoms with Crippen LogP contribution in [0.5, 0.6) is 0 Å². The summed E-state index contributed by atoms with van der Waals surface area (Å²) in [6, 6.07) is 5.93. The second kappa shape index (κ2) is 4.73. The van der Waals surface area contributed by atoms with Crippen LogP contribution in [0.1, 0.15) is 42.2 Å². The fraction of sp³-hybridized carbons (Fsp3) is 0. The van der Waals surface area contributed by atoms with E-state index in [1.807, 2.05) is 0 Å². The number of nitrogens with zero attached hydrogens (tertiary/aromatic N) is 1. The molecule has 1 aliphatic rings. The number of carboxylic acids is 1. The number of carbonyl (C=O) groups excluding carboxylic acids is 2. The summed E-state index contributed by atoms with van der Waals surface area (Å²) in [6.45, 7) is 0. The molecule has 0 saturated carbocycles. The Morgan fingerprint density at radius 1 is 1.04 bits per heavy atom. The Kier molecular flexibility index (Phi) is 2.96. The summed E-state index contributed by atoms with van der Waals surface area (Å²) >= 11 is 0. The van der Waals surface area contributed by atoms with Gasteiger partial charge < -0.3 is 10.8 Å². The molecular weight excluding hydrogens is 304 g/mol. The van der Waals surface area contributed by atoms with Crippen molar-refractivity contribution in [1.29, 1.82) is 0 Å². The van der Waals surface area contributed by atoms with E-state index in [0.29, 0.717) is 0 Å². The van der Waals surface area contributed by atoms with E-state index in [4.69, 9.17) is 10.8 Å². The van der Waals surface area contributed by atoms with Gasteiger partial charge in [-0.2, -0.15) is 0 Å². The summed E-state index contributed by atoms with van der Waals surface area (Å²) in [7, 11) is 0. The molecule has 0 aliphatic heterocycles. The number of ketones is 2. The van der Waals surface area contributed by atoms with E-state index in [0.717, 1.165) is 18.2 Å². The first-order valence-electron chi connectivity index (χ1n) is 6.37. The molecule has 0 bridgehead atoms. The number of nitro benzene ring substituents is 1. The molecule has 1 aliphatic carbocycles. The van der Waals surface area contributed by atoms with Gasteiger partial charge in [-0.1, -0.05) is 6.07 Å². The molecule has 2 aromatic carbocycles. The molecule has 0 saturated heterocycles. The number of hydrogen-bond acceptors (Lipinski definition) is 6. The Morgan fingerprint density at radius 2 is 1.65 bits per heavy atom. The third-order valence-corrected chi connectivity index (χ3v) is 3.66. The van der Waals surface area contributed by atoms with E-state index in [1.165, 1.54) is 12.1 Å². The van der Waals surface area contributed by atoms with Gasteiger partial charge in [-0.3, -0.25) is 19.7 Å². The number of nitrogen functional groups attached to an aromatic ring is 1. The molecule has 0 radical (unpaired) electrons. The van der Waals surface area contributed by atoms with E-state index in [2.05, 4.69) is 0 Å². The number of carboxylic acid groups (broad SMARTS) is 1. The average molecular weight is 312 g/mol. The maximum atomic E-state index is 12.6. The molecule has 0 heterocycles. The largest absolute Gasteiger partial charge is 0.478 e. The van der Waals surface area contributed by atoms with Crippen molar-refractivity contribution in [3.8, 4) is 0 Å². The summed E-state index contributed by atoms with van der Waals surface area (Å²) in [5, 5.41) is 20.2. The van der Waals surface area contributed by atoms with E-state index >= 15 is 0 Å². The summed E-state index contributed by atoms with van der Waals surface area (Å²) in [6.07, 6.45) is 0. The highest BCUT2D eigenvalue weighted by atomic mass is 16.6. The molecule has 8 heteroatoms. The Hall–Kier alpha value is -3.55. The van der Waals surface area contributed by atoms with Gasteiger partial charge in [0.1, 0.15) is 5.56 Å². The molecule has 3 rings (SSSR count). The number of carbonyl (C=O) groups is 3. The van der Waals surface area contributed by atoms with Crippen LogP contribution in [0.25, 0.3) is 0 Å². The fourth-order valence-corrected chi connectivity index (χ4v) is 2.63. The van der Waals surface area contributed by atoms with Crippen molar-refractivity contribution >= 4 is 28.9 Å². The van der Waals surface area contributed by atoms with Crippen LogP contribution >= 0.6 is 0 Å². The number of nitrogens with two attached hydrogens (primary N) is 1. The van der Waals surface area contributed by atoms with Gasteiger partial charge in [0.25, 0.3) is 5.69 Å². The second-order valence-electron chi connectivity index (χ2n) is 4.87. The Balaban J connectivity index is 2.36. The van der Waals surface area contributed by atoms with Gasteiger partial charge in [-0.05, 0) is 18.2 Å². The fourth-order valence-electron chi connectivity index (χ4n) is 2.63. The van der Waals surface area contributed by atoms with Crippen LogP contribution < -0.4 is 5.73 Å². The van der Waals surface area contributed by atoms with Crippen LogP contribution in [-0.2, 0) is 0 Å². The SMILES string of the molecule is Nc1c(C(=O)O)ccc2c1C(=O)c1cccc([N+](=O)[O-])c1C2=O. The standard InChI is InChI=1S/C15H8N2O6/c16-12-8(15(20)21)5-4-7-11(12)14(19)6-2-1-3-9(17(22)23)10(6)13(7)18/h1-5H,16H2,(H,20,21). The predicted octanol–water partition coefficient (Wildman–Crippen LogP) is 1.65. The summed E-state index contributed by atoms with van der Waals surface area (Å²) in [5.74, 6) is -2.78. The Labute approximate surface area is 128 Å². The number of nitro groups is 1. The summed E-state index contributed by atoms with van der Waals surface area (Å²) < 4.78 is 0. The minimum Gasteiger partial charge on any atom is -0.478 e. The van der Waals surface area contributed by atoms with Crippen molar-refractivity contribution in [3.63, 3.8) is 0 Å². The van der Waals surface area contributed by atoms with Gasteiger partial charge in [-0.25, -0.2) is 4.79 Å². The molecule has 0 fully saturated rings. The maximum absolute atomic E-state index is 12.6. The van der Waals surface area contributed by atoms with Gasteiger partial charge in [0.2, 0.25) is 5.78 Å². The van der Waals surface area contributed by atoms with Crippen LogP contribution in [0.4, 0.5) is 11.4 Å². The molecule has 8 nitrogen and oxygen atoms in total. The van der Waals surface area contributed by atoms with Gasteiger partial charge in [-0.15, -0.1) is 0 Å². The van der Waals surface area contributed by atoms with E-state index in [9.17, 15) is 24.5 Å². The predicted molar refractivity (Wildman–Crippen MR) is 77.8 cm³/mol. The number of fused-ring (bicyclic) bond motifs is 2. The molecule has 0 atom stereocenters. The monoisotopic (exact) mass is 312 g/mol. The molecular formula is C15H8N2O6. The van der Waals surface area contributed by atoms with Crippen LogP contribution in [-0.4, -0.2) is 27.6 Å². The first-order chi connectivity index (χ1) is 10.8. The lowest BCUT2D eigenvalue weighted by Gasteiger charge is -2.19. The smallest absolute Gasteiger partial charge is 0.337 e. The Bertz CT molecular complexity index is 932. The lowest BCUT2D eigenvalue weighted by Crippen LogP contribution is -2.24. The molecule has 0 spiro atoms. The molecule has 0 aromatic heterocycles. The van der Waals surface area contributed by atoms with Gasteiger partial charge in [0.15, 0.2) is 5.78 Å². The zero-order chi connectivity index (χ0) is 16.9. The second-order valence-corrected chi connectivity index (χ2v) is 4.87. The van der Waals surface area contributed by atoms with Gasteiger partial charge in [0, 0.05) is 17.2 Å².